The smallest absolute Gasteiger partial charge is 0.334 e. The average Bonchev–Trinajstić information content (AvgIpc) is 2.46. The molecule has 0 aromatic rings. The van der Waals surface area contributed by atoms with Crippen molar-refractivity contribution in [1.82, 2.24) is 0 Å². The first kappa shape index (κ1) is 17.7. The number of rotatable bonds is 1. The van der Waals surface area contributed by atoms with Gasteiger partial charge in [0.1, 0.15) is 0 Å². The number of allylic oxidation sites excluding steroid dienone is 1. The summed E-state index contributed by atoms with van der Waals surface area (Å²) in [6.07, 6.45) is 16.1. The van der Waals surface area contributed by atoms with Crippen LogP contribution in [0.15, 0.2) is 10.1 Å². The van der Waals surface area contributed by atoms with Gasteiger partial charge in [0, 0.05) is 10.1 Å². The molecule has 1 aliphatic rings. The molecule has 0 unspecified atom stereocenters. The van der Waals surface area contributed by atoms with Gasteiger partial charge in [0.2, 0.25) is 0 Å². The van der Waals surface area contributed by atoms with Gasteiger partial charge in [0.25, 0.3) is 0 Å². The number of halogens is 1. The maximum Gasteiger partial charge on any atom is 0.334 e. The van der Waals surface area contributed by atoms with E-state index in [1.165, 1.54) is 71.3 Å². The van der Waals surface area contributed by atoms with E-state index in [0.29, 0.717) is 0 Å². The molecule has 0 aromatic heterocycles. The first-order valence-electron chi connectivity index (χ1n) is 8.21. The van der Waals surface area contributed by atoms with E-state index in [1.807, 2.05) is 0 Å². The molecule has 20 heavy (non-hydrogen) atoms. The fraction of sp³-hybridized carbons (Fsp3) is 0.824. The fourth-order valence-corrected chi connectivity index (χ4v) is 3.44. The van der Waals surface area contributed by atoms with Crippen LogP contribution in [0.4, 0.5) is 0 Å². The lowest BCUT2D eigenvalue weighted by molar-refractivity contribution is -0.136. The topological polar surface area (TPSA) is 26.3 Å². The van der Waals surface area contributed by atoms with Gasteiger partial charge in [-0.15, -0.1) is 0 Å². The SMILES string of the molecule is COC(=O)C1=C(Br)CCCCCCCCCCCCC1. The fourth-order valence-electron chi connectivity index (χ4n) is 2.80. The summed E-state index contributed by atoms with van der Waals surface area (Å²) in [5.74, 6) is -0.152. The second-order valence-corrected chi connectivity index (χ2v) is 6.72. The van der Waals surface area contributed by atoms with Gasteiger partial charge in [-0.1, -0.05) is 73.7 Å². The molecular formula is C17H29BrO2. The Balaban J connectivity index is 2.56. The Morgan fingerprint density at radius 2 is 1.20 bits per heavy atom. The van der Waals surface area contributed by atoms with Crippen LogP contribution in [-0.4, -0.2) is 13.1 Å². The molecule has 1 rings (SSSR count). The third-order valence-electron chi connectivity index (χ3n) is 4.08. The Bertz CT molecular complexity index is 310. The van der Waals surface area contributed by atoms with Crippen LogP contribution in [0.2, 0.25) is 0 Å². The van der Waals surface area contributed by atoms with E-state index in [9.17, 15) is 4.79 Å². The molecule has 0 saturated heterocycles. The van der Waals surface area contributed by atoms with Gasteiger partial charge in [0.05, 0.1) is 7.11 Å². The standard InChI is InChI=1S/C17H29BrO2/c1-20-17(19)15-13-11-9-7-5-3-2-4-6-8-10-12-14-16(15)18/h2-14H2,1H3. The molecule has 1 aliphatic carbocycles. The number of esters is 1. The number of carbonyl (C=O) groups excluding carboxylic acids is 1. The number of ether oxygens (including phenoxy) is 1. The molecule has 116 valence electrons. The maximum atomic E-state index is 11.9. The van der Waals surface area contributed by atoms with Crippen molar-refractivity contribution in [3.63, 3.8) is 0 Å². The summed E-state index contributed by atoms with van der Waals surface area (Å²) < 4.78 is 5.99. The van der Waals surface area contributed by atoms with Crippen molar-refractivity contribution in [2.24, 2.45) is 0 Å². The molecule has 3 heteroatoms. The quantitative estimate of drug-likeness (QED) is 0.554. The minimum atomic E-state index is -0.152. The molecule has 0 amide bonds. The Morgan fingerprint density at radius 1 is 0.800 bits per heavy atom. The van der Waals surface area contributed by atoms with Gasteiger partial charge < -0.3 is 4.74 Å². The third kappa shape index (κ3) is 7.47. The van der Waals surface area contributed by atoms with Gasteiger partial charge in [-0.2, -0.15) is 0 Å². The molecule has 0 bridgehead atoms. The highest BCUT2D eigenvalue weighted by Gasteiger charge is 2.14. The van der Waals surface area contributed by atoms with E-state index in [1.54, 1.807) is 0 Å². The molecule has 0 aliphatic heterocycles. The van der Waals surface area contributed by atoms with Crippen LogP contribution in [0.5, 0.6) is 0 Å². The zero-order valence-corrected chi connectivity index (χ0v) is 14.5. The Morgan fingerprint density at radius 3 is 1.65 bits per heavy atom. The lowest BCUT2D eigenvalue weighted by Gasteiger charge is -2.09. The van der Waals surface area contributed by atoms with E-state index >= 15 is 0 Å². The monoisotopic (exact) mass is 344 g/mol. The maximum absolute atomic E-state index is 11.9. The van der Waals surface area contributed by atoms with Crippen molar-refractivity contribution >= 4 is 21.9 Å². The van der Waals surface area contributed by atoms with Crippen LogP contribution in [-0.2, 0) is 9.53 Å². The van der Waals surface area contributed by atoms with Gasteiger partial charge >= 0.3 is 5.97 Å². The van der Waals surface area contributed by atoms with Crippen LogP contribution >= 0.6 is 15.9 Å². The van der Waals surface area contributed by atoms with E-state index in [4.69, 9.17) is 4.74 Å². The van der Waals surface area contributed by atoms with Crippen molar-refractivity contribution in [1.29, 1.82) is 0 Å². The van der Waals surface area contributed by atoms with Crippen LogP contribution < -0.4 is 0 Å². The highest BCUT2D eigenvalue weighted by Crippen LogP contribution is 2.26. The number of hydrogen-bond donors (Lipinski definition) is 0. The third-order valence-corrected chi connectivity index (χ3v) is 4.96. The summed E-state index contributed by atoms with van der Waals surface area (Å²) >= 11 is 3.62. The highest BCUT2D eigenvalue weighted by molar-refractivity contribution is 9.11. The Kier molecular flexibility index (Phi) is 10.1. The molecule has 0 heterocycles. The van der Waals surface area contributed by atoms with Crippen LogP contribution in [0, 0.1) is 0 Å². The lowest BCUT2D eigenvalue weighted by Crippen LogP contribution is -2.07. The first-order chi connectivity index (χ1) is 9.75. The molecule has 0 spiro atoms. The normalized spacial score (nSPS) is 20.9. The summed E-state index contributed by atoms with van der Waals surface area (Å²) in [6, 6.07) is 0. The molecule has 2 nitrogen and oxygen atoms in total. The molecular weight excluding hydrogens is 316 g/mol. The van der Waals surface area contributed by atoms with Crippen LogP contribution in [0.1, 0.15) is 83.5 Å². The van der Waals surface area contributed by atoms with Crippen molar-refractivity contribution in [3.05, 3.63) is 10.1 Å². The number of methoxy groups -OCH3 is 1. The Hall–Kier alpha value is -0.310. The predicted molar refractivity (Wildman–Crippen MR) is 88.0 cm³/mol. The van der Waals surface area contributed by atoms with E-state index in [0.717, 1.165) is 29.3 Å². The minimum absolute atomic E-state index is 0.152. The predicted octanol–water partition coefficient (Wildman–Crippen LogP) is 5.89. The Labute approximate surface area is 132 Å². The second kappa shape index (κ2) is 11.4. The number of hydrogen-bond acceptors (Lipinski definition) is 2. The van der Waals surface area contributed by atoms with E-state index in [-0.39, 0.29) is 5.97 Å². The number of carbonyl (C=O) groups is 1. The highest BCUT2D eigenvalue weighted by atomic mass is 79.9. The molecule has 0 N–H and O–H groups in total. The van der Waals surface area contributed by atoms with Gasteiger partial charge in [-0.25, -0.2) is 4.79 Å². The van der Waals surface area contributed by atoms with Crippen molar-refractivity contribution in [2.75, 3.05) is 7.11 Å². The average molecular weight is 345 g/mol. The van der Waals surface area contributed by atoms with Crippen LogP contribution in [0.25, 0.3) is 0 Å². The van der Waals surface area contributed by atoms with Gasteiger partial charge in [0.15, 0.2) is 0 Å². The van der Waals surface area contributed by atoms with Crippen molar-refractivity contribution in [2.45, 2.75) is 83.5 Å². The summed E-state index contributed by atoms with van der Waals surface area (Å²) in [5.41, 5.74) is 0.863. The first-order valence-corrected chi connectivity index (χ1v) is 9.01. The molecule has 0 aromatic carbocycles. The van der Waals surface area contributed by atoms with E-state index < -0.39 is 0 Å². The molecule has 0 fully saturated rings. The minimum Gasteiger partial charge on any atom is -0.466 e. The zero-order chi connectivity index (χ0) is 14.6. The van der Waals surface area contributed by atoms with Crippen molar-refractivity contribution < 1.29 is 9.53 Å². The summed E-state index contributed by atoms with van der Waals surface area (Å²) in [4.78, 5) is 11.9. The van der Waals surface area contributed by atoms with Gasteiger partial charge in [-0.05, 0) is 25.7 Å². The van der Waals surface area contributed by atoms with E-state index in [2.05, 4.69) is 15.9 Å². The van der Waals surface area contributed by atoms with Gasteiger partial charge in [-0.3, -0.25) is 0 Å². The molecule has 0 saturated carbocycles. The zero-order valence-electron chi connectivity index (χ0n) is 12.9. The molecule has 0 atom stereocenters. The lowest BCUT2D eigenvalue weighted by atomic mass is 10.0. The van der Waals surface area contributed by atoms with Crippen molar-refractivity contribution in [3.8, 4) is 0 Å². The second-order valence-electron chi connectivity index (χ2n) is 5.76. The molecule has 0 radical (unpaired) electrons. The summed E-state index contributed by atoms with van der Waals surface area (Å²) in [5, 5.41) is 0. The summed E-state index contributed by atoms with van der Waals surface area (Å²) in [6.45, 7) is 0. The largest absolute Gasteiger partial charge is 0.466 e. The van der Waals surface area contributed by atoms with Crippen LogP contribution in [0.3, 0.4) is 0 Å². The summed E-state index contributed by atoms with van der Waals surface area (Å²) in [7, 11) is 1.48.